The van der Waals surface area contributed by atoms with Gasteiger partial charge in [0.05, 0.1) is 21.4 Å². The minimum absolute atomic E-state index is 0.335. The first-order valence-corrected chi connectivity index (χ1v) is 6.97. The zero-order valence-corrected chi connectivity index (χ0v) is 12.4. The minimum Gasteiger partial charge on any atom is -0.393 e. The minimum atomic E-state index is 0.335. The van der Waals surface area contributed by atoms with Crippen molar-refractivity contribution in [3.8, 4) is 0 Å². The van der Waals surface area contributed by atoms with E-state index in [4.69, 9.17) is 29.6 Å². The number of halogens is 1. The van der Waals surface area contributed by atoms with Gasteiger partial charge >= 0.3 is 0 Å². The summed E-state index contributed by atoms with van der Waals surface area (Å²) in [5, 5.41) is 5.11. The van der Waals surface area contributed by atoms with Crippen molar-refractivity contribution in [1.82, 2.24) is 14.7 Å². The standard InChI is InChI=1S/C12H19ClN4S/c1-8-11(13)10(16(2)15-8)7-17-5-3-4-9(6-17)12(14)18/h9H,3-7H2,1-2H3,(H2,14,18). The molecule has 0 amide bonds. The Hall–Kier alpha value is -0.650. The zero-order valence-electron chi connectivity index (χ0n) is 10.8. The van der Waals surface area contributed by atoms with E-state index in [9.17, 15) is 0 Å². The SMILES string of the molecule is Cc1nn(C)c(CN2CCCC(C(N)=S)C2)c1Cl. The monoisotopic (exact) mass is 286 g/mol. The summed E-state index contributed by atoms with van der Waals surface area (Å²) in [6.07, 6.45) is 2.24. The van der Waals surface area contributed by atoms with Crippen LogP contribution >= 0.6 is 23.8 Å². The van der Waals surface area contributed by atoms with Crippen LogP contribution in [0.25, 0.3) is 0 Å². The predicted molar refractivity (Wildman–Crippen MR) is 77.7 cm³/mol. The quantitative estimate of drug-likeness (QED) is 0.862. The normalized spacial score (nSPS) is 21.2. The topological polar surface area (TPSA) is 47.1 Å². The first-order valence-electron chi connectivity index (χ1n) is 6.18. The van der Waals surface area contributed by atoms with Crippen LogP contribution in [0.4, 0.5) is 0 Å². The number of hydrogen-bond donors (Lipinski definition) is 1. The van der Waals surface area contributed by atoms with Gasteiger partial charge in [0.15, 0.2) is 0 Å². The number of aryl methyl sites for hydroxylation is 2. The Morgan fingerprint density at radius 2 is 2.33 bits per heavy atom. The molecule has 1 unspecified atom stereocenters. The molecule has 1 atom stereocenters. The number of thiocarbonyl (C=S) groups is 1. The molecular formula is C12H19ClN4S. The molecule has 1 aromatic rings. The Balaban J connectivity index is 2.07. The Bertz CT molecular complexity index is 457. The van der Waals surface area contributed by atoms with Gasteiger partial charge in [-0.3, -0.25) is 9.58 Å². The van der Waals surface area contributed by atoms with E-state index in [1.54, 1.807) is 0 Å². The van der Waals surface area contributed by atoms with E-state index in [0.29, 0.717) is 10.9 Å². The lowest BCUT2D eigenvalue weighted by Gasteiger charge is -2.32. The number of piperidine rings is 1. The van der Waals surface area contributed by atoms with Gasteiger partial charge in [-0.1, -0.05) is 23.8 Å². The first-order chi connectivity index (χ1) is 8.49. The highest BCUT2D eigenvalue weighted by Gasteiger charge is 2.23. The predicted octanol–water partition coefficient (Wildman–Crippen LogP) is 1.88. The van der Waals surface area contributed by atoms with Crippen molar-refractivity contribution in [3.63, 3.8) is 0 Å². The van der Waals surface area contributed by atoms with Gasteiger partial charge in [0.1, 0.15) is 0 Å². The maximum atomic E-state index is 6.27. The molecule has 2 rings (SSSR count). The Morgan fingerprint density at radius 1 is 1.61 bits per heavy atom. The number of nitrogens with two attached hydrogens (primary N) is 1. The molecule has 4 nitrogen and oxygen atoms in total. The highest BCUT2D eigenvalue weighted by Crippen LogP contribution is 2.24. The molecule has 0 aliphatic carbocycles. The molecule has 2 heterocycles. The van der Waals surface area contributed by atoms with E-state index in [0.717, 1.165) is 48.9 Å². The van der Waals surface area contributed by atoms with Crippen LogP contribution in [0.15, 0.2) is 0 Å². The third kappa shape index (κ3) is 2.84. The van der Waals surface area contributed by atoms with Crippen LogP contribution < -0.4 is 5.73 Å². The van der Waals surface area contributed by atoms with Crippen molar-refractivity contribution in [2.45, 2.75) is 26.3 Å². The average molecular weight is 287 g/mol. The molecule has 1 aliphatic rings. The Morgan fingerprint density at radius 3 is 2.89 bits per heavy atom. The van der Waals surface area contributed by atoms with Gasteiger partial charge < -0.3 is 5.73 Å². The van der Waals surface area contributed by atoms with Crippen LogP contribution in [0.5, 0.6) is 0 Å². The van der Waals surface area contributed by atoms with E-state index in [1.807, 2.05) is 18.7 Å². The summed E-state index contributed by atoms with van der Waals surface area (Å²) in [5.74, 6) is 0.335. The van der Waals surface area contributed by atoms with E-state index in [-0.39, 0.29) is 0 Å². The van der Waals surface area contributed by atoms with E-state index >= 15 is 0 Å². The van der Waals surface area contributed by atoms with Crippen molar-refractivity contribution in [2.24, 2.45) is 18.7 Å². The summed E-state index contributed by atoms with van der Waals surface area (Å²) in [6.45, 7) is 4.74. The lowest BCUT2D eigenvalue weighted by Crippen LogP contribution is -2.40. The molecule has 1 aliphatic heterocycles. The van der Waals surface area contributed by atoms with Gasteiger partial charge in [-0.2, -0.15) is 5.10 Å². The number of hydrogen-bond acceptors (Lipinski definition) is 3. The molecule has 18 heavy (non-hydrogen) atoms. The summed E-state index contributed by atoms with van der Waals surface area (Å²) in [6, 6.07) is 0. The summed E-state index contributed by atoms with van der Waals surface area (Å²) in [4.78, 5) is 2.99. The van der Waals surface area contributed by atoms with Gasteiger partial charge in [0, 0.05) is 26.1 Å². The second-order valence-electron chi connectivity index (χ2n) is 4.95. The van der Waals surface area contributed by atoms with Crippen LogP contribution in [0.1, 0.15) is 24.2 Å². The molecule has 2 N–H and O–H groups in total. The van der Waals surface area contributed by atoms with E-state index in [1.165, 1.54) is 0 Å². The molecular weight excluding hydrogens is 268 g/mol. The van der Waals surface area contributed by atoms with Crippen LogP contribution in [0, 0.1) is 12.8 Å². The fraction of sp³-hybridized carbons (Fsp3) is 0.667. The van der Waals surface area contributed by atoms with Gasteiger partial charge in [-0.15, -0.1) is 0 Å². The highest BCUT2D eigenvalue weighted by atomic mass is 35.5. The van der Waals surface area contributed by atoms with E-state index < -0.39 is 0 Å². The number of aromatic nitrogens is 2. The number of rotatable bonds is 3. The van der Waals surface area contributed by atoms with Crippen molar-refractivity contribution >= 4 is 28.8 Å². The Kier molecular flexibility index (Phi) is 4.25. The molecule has 0 spiro atoms. The number of likely N-dealkylation sites (tertiary alicyclic amines) is 1. The van der Waals surface area contributed by atoms with Crippen molar-refractivity contribution in [3.05, 3.63) is 16.4 Å². The summed E-state index contributed by atoms with van der Waals surface area (Å²) >= 11 is 11.4. The van der Waals surface area contributed by atoms with Crippen LogP contribution in [-0.4, -0.2) is 32.8 Å². The van der Waals surface area contributed by atoms with Crippen LogP contribution in [0.2, 0.25) is 5.02 Å². The molecule has 0 radical (unpaired) electrons. The van der Waals surface area contributed by atoms with Crippen molar-refractivity contribution in [1.29, 1.82) is 0 Å². The number of nitrogens with zero attached hydrogens (tertiary/aromatic N) is 3. The lowest BCUT2D eigenvalue weighted by atomic mass is 9.98. The molecule has 0 bridgehead atoms. The largest absolute Gasteiger partial charge is 0.393 e. The van der Waals surface area contributed by atoms with Crippen LogP contribution in [0.3, 0.4) is 0 Å². The molecule has 1 saturated heterocycles. The second-order valence-corrected chi connectivity index (χ2v) is 5.80. The molecule has 6 heteroatoms. The van der Waals surface area contributed by atoms with Gasteiger partial charge in [-0.05, 0) is 26.3 Å². The molecule has 100 valence electrons. The van der Waals surface area contributed by atoms with E-state index in [2.05, 4.69) is 10.00 Å². The summed E-state index contributed by atoms with van der Waals surface area (Å²) in [5.41, 5.74) is 7.70. The maximum Gasteiger partial charge on any atom is 0.0860 e. The van der Waals surface area contributed by atoms with Crippen molar-refractivity contribution in [2.75, 3.05) is 13.1 Å². The molecule has 1 fully saturated rings. The third-order valence-electron chi connectivity index (χ3n) is 3.54. The first kappa shape index (κ1) is 13.8. The second kappa shape index (κ2) is 5.55. The van der Waals surface area contributed by atoms with Crippen LogP contribution in [-0.2, 0) is 13.6 Å². The molecule has 1 aromatic heterocycles. The maximum absolute atomic E-state index is 6.27. The highest BCUT2D eigenvalue weighted by molar-refractivity contribution is 7.80. The Labute approximate surface area is 118 Å². The average Bonchev–Trinajstić information content (AvgIpc) is 2.56. The fourth-order valence-corrected chi connectivity index (χ4v) is 2.91. The van der Waals surface area contributed by atoms with Crippen molar-refractivity contribution < 1.29 is 0 Å². The molecule has 0 saturated carbocycles. The van der Waals surface area contributed by atoms with Gasteiger partial charge in [0.25, 0.3) is 0 Å². The van der Waals surface area contributed by atoms with Gasteiger partial charge in [0.2, 0.25) is 0 Å². The summed E-state index contributed by atoms with van der Waals surface area (Å²) in [7, 11) is 1.93. The molecule has 0 aromatic carbocycles. The van der Waals surface area contributed by atoms with Gasteiger partial charge in [-0.25, -0.2) is 0 Å². The summed E-state index contributed by atoms with van der Waals surface area (Å²) < 4.78 is 1.86. The fourth-order valence-electron chi connectivity index (χ4n) is 2.50. The third-order valence-corrected chi connectivity index (χ3v) is 4.37. The lowest BCUT2D eigenvalue weighted by molar-refractivity contribution is 0.193. The zero-order chi connectivity index (χ0) is 13.3. The smallest absolute Gasteiger partial charge is 0.0860 e.